The molecule has 4 rings (SSSR count). The minimum absolute atomic E-state index is 0.0244. The van der Waals surface area contributed by atoms with Crippen molar-refractivity contribution < 1.29 is 34.1 Å². The zero-order valence-corrected chi connectivity index (χ0v) is 18.8. The Morgan fingerprint density at radius 1 is 0.970 bits per heavy atom. The van der Waals surface area contributed by atoms with Crippen LogP contribution in [-0.4, -0.2) is 51.6 Å². The lowest BCUT2D eigenvalue weighted by molar-refractivity contribution is -0.181. The highest BCUT2D eigenvalue weighted by Gasteiger charge is 2.74. The summed E-state index contributed by atoms with van der Waals surface area (Å²) in [6.07, 6.45) is 0. The molecule has 33 heavy (non-hydrogen) atoms. The van der Waals surface area contributed by atoms with Crippen molar-refractivity contribution in [3.05, 3.63) is 81.5 Å². The van der Waals surface area contributed by atoms with Gasteiger partial charge in [-0.1, -0.05) is 54.1 Å². The first-order valence-corrected chi connectivity index (χ1v) is 10.8. The van der Waals surface area contributed by atoms with E-state index in [9.17, 15) is 24.6 Å². The van der Waals surface area contributed by atoms with Gasteiger partial charge in [0.05, 0.1) is 13.2 Å². The first-order valence-electron chi connectivity index (χ1n) is 10.4. The van der Waals surface area contributed by atoms with Gasteiger partial charge in [-0.25, -0.2) is 9.59 Å². The van der Waals surface area contributed by atoms with Crippen molar-refractivity contribution in [1.29, 1.82) is 0 Å². The van der Waals surface area contributed by atoms with E-state index in [0.717, 1.165) is 4.90 Å². The van der Waals surface area contributed by atoms with Crippen molar-refractivity contribution in [2.75, 3.05) is 13.2 Å². The third-order valence-electron chi connectivity index (χ3n) is 5.87. The molecular weight excluding hydrogens is 450 g/mol. The van der Waals surface area contributed by atoms with E-state index in [1.165, 1.54) is 12.1 Å². The Kier molecular flexibility index (Phi) is 5.78. The van der Waals surface area contributed by atoms with Crippen molar-refractivity contribution in [3.8, 4) is 0 Å². The highest BCUT2D eigenvalue weighted by molar-refractivity contribution is 6.31. The lowest BCUT2D eigenvalue weighted by atomic mass is 9.85. The summed E-state index contributed by atoms with van der Waals surface area (Å²) in [5, 5.41) is 24.2. The summed E-state index contributed by atoms with van der Waals surface area (Å²) in [5.74, 6) is -3.02. The fourth-order valence-electron chi connectivity index (χ4n) is 4.48. The Morgan fingerprint density at radius 2 is 1.58 bits per heavy atom. The van der Waals surface area contributed by atoms with E-state index in [1.54, 1.807) is 50.2 Å². The first kappa shape index (κ1) is 23.0. The molecule has 9 heteroatoms. The Bertz CT molecular complexity index is 1190. The molecule has 1 aliphatic heterocycles. The average molecular weight is 472 g/mol. The molecule has 0 spiro atoms. The van der Waals surface area contributed by atoms with E-state index < -0.39 is 40.3 Å². The number of ether oxygens (including phenoxy) is 2. The number of ketones is 1. The SMILES string of the molecule is CCOC(=O)C1=C(C(=O)OCC)[C@]2(O)C(=O)c3ccccc3[C@]2(O)N1Cc1ccccc1Cl. The number of fused-ring (bicyclic) bond motifs is 3. The van der Waals surface area contributed by atoms with Gasteiger partial charge in [-0.2, -0.15) is 0 Å². The molecular formula is C24H22ClNO7. The lowest BCUT2D eigenvalue weighted by Gasteiger charge is -2.40. The van der Waals surface area contributed by atoms with Crippen LogP contribution in [0, 0.1) is 0 Å². The molecule has 2 aromatic rings. The monoisotopic (exact) mass is 471 g/mol. The Morgan fingerprint density at radius 3 is 2.24 bits per heavy atom. The standard InChI is InChI=1S/C24H22ClNO7/c1-3-32-21(28)18-19(22(29)33-4-2)26(13-14-9-5-8-12-17(14)25)24(31)16-11-7-6-10-15(16)20(27)23(18,24)30/h5-12,30-31H,3-4,13H2,1-2H3/t23-,24+/m0/s1. The number of nitrogens with zero attached hydrogens (tertiary/aromatic N) is 1. The van der Waals surface area contributed by atoms with E-state index in [-0.39, 0.29) is 30.9 Å². The normalized spacial score (nSPS) is 23.4. The fraction of sp³-hybridized carbons (Fsp3) is 0.292. The smallest absolute Gasteiger partial charge is 0.355 e. The van der Waals surface area contributed by atoms with Crippen LogP contribution in [0.5, 0.6) is 0 Å². The van der Waals surface area contributed by atoms with E-state index in [1.807, 2.05) is 0 Å². The van der Waals surface area contributed by atoms with Crippen molar-refractivity contribution in [2.24, 2.45) is 0 Å². The minimum atomic E-state index is -2.80. The van der Waals surface area contributed by atoms with Gasteiger partial charge >= 0.3 is 11.9 Å². The number of hydrogen-bond acceptors (Lipinski definition) is 8. The number of esters is 2. The van der Waals surface area contributed by atoms with Gasteiger partial charge < -0.3 is 24.6 Å². The van der Waals surface area contributed by atoms with Crippen molar-refractivity contribution in [3.63, 3.8) is 0 Å². The van der Waals surface area contributed by atoms with E-state index >= 15 is 0 Å². The maximum absolute atomic E-state index is 13.5. The zero-order valence-electron chi connectivity index (χ0n) is 18.0. The molecule has 0 saturated carbocycles. The molecule has 0 aromatic heterocycles. The maximum Gasteiger partial charge on any atom is 0.355 e. The molecule has 2 atom stereocenters. The van der Waals surface area contributed by atoms with Gasteiger partial charge in [0.2, 0.25) is 17.1 Å². The molecule has 0 amide bonds. The average Bonchev–Trinajstić information content (AvgIpc) is 3.10. The number of aliphatic hydroxyl groups is 2. The second-order valence-corrected chi connectivity index (χ2v) is 8.01. The van der Waals surface area contributed by atoms with E-state index in [2.05, 4.69) is 0 Å². The van der Waals surface area contributed by atoms with Gasteiger partial charge in [0.1, 0.15) is 11.3 Å². The highest BCUT2D eigenvalue weighted by atomic mass is 35.5. The summed E-state index contributed by atoms with van der Waals surface area (Å²) < 4.78 is 10.2. The topological polar surface area (TPSA) is 113 Å². The molecule has 0 bridgehead atoms. The van der Waals surface area contributed by atoms with E-state index in [4.69, 9.17) is 21.1 Å². The molecule has 0 radical (unpaired) electrons. The van der Waals surface area contributed by atoms with Crippen LogP contribution in [-0.2, 0) is 31.3 Å². The summed E-state index contributed by atoms with van der Waals surface area (Å²) in [6, 6.07) is 12.8. The van der Waals surface area contributed by atoms with Crippen LogP contribution in [0.3, 0.4) is 0 Å². The second kappa shape index (κ2) is 8.30. The maximum atomic E-state index is 13.5. The predicted octanol–water partition coefficient (Wildman–Crippen LogP) is 2.31. The van der Waals surface area contributed by atoms with Crippen LogP contribution in [0.2, 0.25) is 5.02 Å². The molecule has 1 aliphatic carbocycles. The highest BCUT2D eigenvalue weighted by Crippen LogP contribution is 2.57. The summed E-state index contributed by atoms with van der Waals surface area (Å²) in [6.45, 7) is 2.77. The van der Waals surface area contributed by atoms with Crippen LogP contribution in [0.15, 0.2) is 59.8 Å². The van der Waals surface area contributed by atoms with Gasteiger partial charge in [0.15, 0.2) is 0 Å². The van der Waals surface area contributed by atoms with Crippen molar-refractivity contribution in [2.45, 2.75) is 31.7 Å². The molecule has 2 aromatic carbocycles. The van der Waals surface area contributed by atoms with E-state index in [0.29, 0.717) is 10.6 Å². The number of hydrogen-bond donors (Lipinski definition) is 2. The van der Waals surface area contributed by atoms with Crippen LogP contribution >= 0.6 is 11.6 Å². The van der Waals surface area contributed by atoms with Crippen molar-refractivity contribution >= 4 is 29.3 Å². The van der Waals surface area contributed by atoms with Crippen LogP contribution in [0.25, 0.3) is 0 Å². The summed E-state index contributed by atoms with van der Waals surface area (Å²) in [4.78, 5) is 40.7. The molecule has 1 heterocycles. The fourth-order valence-corrected chi connectivity index (χ4v) is 4.68. The molecule has 8 nitrogen and oxygen atoms in total. The van der Waals surface area contributed by atoms with Crippen LogP contribution in [0.4, 0.5) is 0 Å². The molecule has 172 valence electrons. The molecule has 0 saturated heterocycles. The molecule has 0 unspecified atom stereocenters. The number of benzene rings is 2. The van der Waals surface area contributed by atoms with Crippen LogP contribution < -0.4 is 0 Å². The zero-order chi connectivity index (χ0) is 24.0. The number of halogens is 1. The lowest BCUT2D eigenvalue weighted by Crippen LogP contribution is -2.57. The Labute approximate surface area is 195 Å². The van der Waals surface area contributed by atoms with Gasteiger partial charge in [0, 0.05) is 22.7 Å². The molecule has 0 fully saturated rings. The quantitative estimate of drug-likeness (QED) is 0.617. The molecule has 2 N–H and O–H groups in total. The predicted molar refractivity (Wildman–Crippen MR) is 117 cm³/mol. The van der Waals surface area contributed by atoms with Crippen molar-refractivity contribution in [1.82, 2.24) is 4.90 Å². The number of rotatable bonds is 6. The van der Waals surface area contributed by atoms with Gasteiger partial charge in [-0.15, -0.1) is 0 Å². The number of carbonyl (C=O) groups is 3. The number of carbonyl (C=O) groups excluding carboxylic acids is 3. The third kappa shape index (κ3) is 3.09. The largest absolute Gasteiger partial charge is 0.462 e. The second-order valence-electron chi connectivity index (χ2n) is 7.60. The van der Waals surface area contributed by atoms with Gasteiger partial charge in [-0.3, -0.25) is 4.79 Å². The Balaban J connectivity index is 2.04. The van der Waals surface area contributed by atoms with Crippen LogP contribution in [0.1, 0.15) is 35.3 Å². The van der Waals surface area contributed by atoms with Gasteiger partial charge in [0.25, 0.3) is 0 Å². The Hall–Kier alpha value is -3.20. The van der Waals surface area contributed by atoms with Gasteiger partial charge in [-0.05, 0) is 25.5 Å². The summed E-state index contributed by atoms with van der Waals surface area (Å²) >= 11 is 6.33. The molecule has 2 aliphatic rings. The minimum Gasteiger partial charge on any atom is -0.462 e. The summed E-state index contributed by atoms with van der Waals surface area (Å²) in [7, 11) is 0. The first-order chi connectivity index (χ1) is 15.7. The summed E-state index contributed by atoms with van der Waals surface area (Å²) in [5.41, 5.74) is -5.85. The number of Topliss-reactive ketones (excluding diaryl/α,β-unsaturated/α-hetero) is 1. The third-order valence-corrected chi connectivity index (χ3v) is 6.24.